The first-order valence-electron chi connectivity index (χ1n) is 14.2. The summed E-state index contributed by atoms with van der Waals surface area (Å²) in [4.78, 5) is 29.1. The number of benzene rings is 2. The number of aliphatic carboxylic acids is 1. The van der Waals surface area contributed by atoms with Gasteiger partial charge in [0.25, 0.3) is 5.91 Å². The average Bonchev–Trinajstić information content (AvgIpc) is 3.75. The zero-order valence-corrected chi connectivity index (χ0v) is 25.2. The number of carbonyl (C=O) groups is 2. The van der Waals surface area contributed by atoms with Gasteiger partial charge in [-0.3, -0.25) is 9.59 Å². The van der Waals surface area contributed by atoms with Crippen molar-refractivity contribution >= 4 is 33.0 Å². The minimum absolute atomic E-state index is 0.121. The topological polar surface area (TPSA) is 148 Å². The zero-order chi connectivity index (χ0) is 30.8. The van der Waals surface area contributed by atoms with E-state index in [0.29, 0.717) is 52.3 Å². The predicted octanol–water partition coefficient (Wildman–Crippen LogP) is 5.83. The summed E-state index contributed by atoms with van der Waals surface area (Å²) in [5.41, 5.74) is 1.38. The molecule has 2 heterocycles. The van der Waals surface area contributed by atoms with E-state index < -0.39 is 21.4 Å². The molecule has 0 saturated heterocycles. The van der Waals surface area contributed by atoms with Gasteiger partial charge in [-0.2, -0.15) is 0 Å². The minimum Gasteiger partial charge on any atom is -0.481 e. The lowest BCUT2D eigenvalue weighted by Crippen LogP contribution is -2.29. The van der Waals surface area contributed by atoms with Crippen LogP contribution in [0.1, 0.15) is 67.1 Å². The second-order valence-corrected chi connectivity index (χ2v) is 13.2. The van der Waals surface area contributed by atoms with Crippen LogP contribution in [-0.2, 0) is 20.6 Å². The first-order chi connectivity index (χ1) is 20.5. The Hall–Kier alpha value is -4.22. The van der Waals surface area contributed by atoms with E-state index in [1.807, 2.05) is 36.4 Å². The van der Waals surface area contributed by atoms with E-state index >= 15 is 0 Å². The van der Waals surface area contributed by atoms with Crippen LogP contribution in [0.15, 0.2) is 65.1 Å². The monoisotopic (exact) mass is 605 g/mol. The van der Waals surface area contributed by atoms with E-state index in [4.69, 9.17) is 9.15 Å². The van der Waals surface area contributed by atoms with Crippen LogP contribution in [0.3, 0.4) is 0 Å². The van der Waals surface area contributed by atoms with Crippen LogP contribution < -0.4 is 14.8 Å². The normalized spacial score (nSPS) is 13.7. The average molecular weight is 606 g/mol. The van der Waals surface area contributed by atoms with Crippen LogP contribution in [0.4, 0.5) is 0 Å². The fraction of sp³-hybridized carbons (Fsp3) is 0.344. The number of pyridine rings is 1. The van der Waals surface area contributed by atoms with E-state index in [-0.39, 0.29) is 29.8 Å². The van der Waals surface area contributed by atoms with Crippen LogP contribution in [0, 0.1) is 5.41 Å². The fourth-order valence-corrected chi connectivity index (χ4v) is 6.04. The number of amides is 1. The van der Waals surface area contributed by atoms with Crippen molar-refractivity contribution in [3.05, 3.63) is 77.5 Å². The summed E-state index contributed by atoms with van der Waals surface area (Å²) in [5.74, 6) is 0.183. The number of hydrogen-bond acceptors (Lipinski definition) is 7. The number of nitrogens with zero attached hydrogens (tertiary/aromatic N) is 1. The number of fused-ring (bicyclic) bond motifs is 1. The number of rotatable bonds is 13. The summed E-state index contributed by atoms with van der Waals surface area (Å²) in [5, 5.41) is 12.5. The van der Waals surface area contributed by atoms with E-state index in [0.717, 1.165) is 18.4 Å². The van der Waals surface area contributed by atoms with Crippen molar-refractivity contribution in [2.75, 3.05) is 13.6 Å². The molecule has 0 atom stereocenters. The Morgan fingerprint density at radius 3 is 2.37 bits per heavy atom. The predicted molar refractivity (Wildman–Crippen MR) is 163 cm³/mol. The first kappa shape index (κ1) is 30.2. The second-order valence-electron chi connectivity index (χ2n) is 11.4. The lowest BCUT2D eigenvalue weighted by Gasteiger charge is -2.18. The maximum Gasteiger partial charge on any atom is 0.309 e. The summed E-state index contributed by atoms with van der Waals surface area (Å²) in [6.45, 7) is 3.35. The van der Waals surface area contributed by atoms with Gasteiger partial charge in [0.15, 0.2) is 0 Å². The maximum atomic E-state index is 13.1. The summed E-state index contributed by atoms with van der Waals surface area (Å²) >= 11 is 0. The Bertz CT molecular complexity index is 1740. The van der Waals surface area contributed by atoms with Gasteiger partial charge in [-0.1, -0.05) is 18.2 Å². The van der Waals surface area contributed by atoms with E-state index in [1.165, 1.54) is 0 Å². The van der Waals surface area contributed by atoms with Crippen LogP contribution in [-0.4, -0.2) is 44.0 Å². The molecule has 0 bridgehead atoms. The second kappa shape index (κ2) is 12.2. The highest BCUT2D eigenvalue weighted by Gasteiger charge is 2.32. The van der Waals surface area contributed by atoms with Crippen LogP contribution in [0.5, 0.6) is 11.5 Å². The molecule has 0 radical (unpaired) electrons. The van der Waals surface area contributed by atoms with Crippen molar-refractivity contribution in [3.63, 3.8) is 0 Å². The third-order valence-corrected chi connectivity index (χ3v) is 8.87. The smallest absolute Gasteiger partial charge is 0.309 e. The molecule has 0 aliphatic heterocycles. The van der Waals surface area contributed by atoms with Crippen molar-refractivity contribution in [3.8, 4) is 22.8 Å². The number of furan rings is 1. The van der Waals surface area contributed by atoms with E-state index in [1.54, 1.807) is 45.2 Å². The molecule has 226 valence electrons. The largest absolute Gasteiger partial charge is 0.481 e. The molecular weight excluding hydrogens is 570 g/mol. The highest BCUT2D eigenvalue weighted by Crippen LogP contribution is 2.44. The molecule has 10 nitrogen and oxygen atoms in total. The van der Waals surface area contributed by atoms with Crippen LogP contribution >= 0.6 is 0 Å². The van der Waals surface area contributed by atoms with Gasteiger partial charge in [-0.05, 0) is 93.5 Å². The summed E-state index contributed by atoms with van der Waals surface area (Å²) in [7, 11) is -2.23. The Morgan fingerprint density at radius 1 is 1.07 bits per heavy atom. The number of nitrogens with one attached hydrogen (secondary N) is 2. The summed E-state index contributed by atoms with van der Waals surface area (Å²) in [6, 6.07) is 18.4. The molecule has 5 rings (SSSR count). The van der Waals surface area contributed by atoms with Crippen LogP contribution in [0.25, 0.3) is 22.4 Å². The van der Waals surface area contributed by atoms with Crippen molar-refractivity contribution in [2.45, 2.75) is 51.2 Å². The molecule has 1 fully saturated rings. The zero-order valence-electron chi connectivity index (χ0n) is 24.3. The van der Waals surface area contributed by atoms with Crippen LogP contribution in [0.2, 0.25) is 0 Å². The van der Waals surface area contributed by atoms with Gasteiger partial charge in [0.2, 0.25) is 15.7 Å². The number of aromatic nitrogens is 1. The molecular formula is C32H35N3O7S. The quantitative estimate of drug-likeness (QED) is 0.161. The molecule has 0 spiro atoms. The Kier molecular flexibility index (Phi) is 8.57. The molecule has 1 aliphatic carbocycles. The SMILES string of the molecule is CNC(=O)c1c(-c2ccc(Oc3ccccc3)cc2)oc2nc(CS(=O)(=O)NCCCC(C)(C)C(=O)O)c(C3CC3)cc12. The van der Waals surface area contributed by atoms with E-state index in [2.05, 4.69) is 15.0 Å². The number of carboxylic acid groups (broad SMARTS) is 1. The van der Waals surface area contributed by atoms with Gasteiger partial charge in [-0.25, -0.2) is 18.1 Å². The third-order valence-electron chi connectivity index (χ3n) is 7.57. The maximum absolute atomic E-state index is 13.1. The molecule has 2 aromatic heterocycles. The van der Waals surface area contributed by atoms with Crippen molar-refractivity contribution < 1.29 is 32.3 Å². The molecule has 1 aliphatic rings. The van der Waals surface area contributed by atoms with Gasteiger partial charge in [-0.15, -0.1) is 0 Å². The van der Waals surface area contributed by atoms with Gasteiger partial charge in [0.1, 0.15) is 23.0 Å². The first-order valence-corrected chi connectivity index (χ1v) is 15.8. The number of carbonyl (C=O) groups excluding carboxylic acids is 1. The number of hydrogen-bond donors (Lipinski definition) is 3. The molecule has 0 unspecified atom stereocenters. The fourth-order valence-electron chi connectivity index (χ4n) is 4.89. The highest BCUT2D eigenvalue weighted by atomic mass is 32.2. The van der Waals surface area contributed by atoms with E-state index in [9.17, 15) is 23.1 Å². The Balaban J connectivity index is 1.43. The van der Waals surface area contributed by atoms with Gasteiger partial charge in [0, 0.05) is 19.2 Å². The molecule has 1 saturated carbocycles. The van der Waals surface area contributed by atoms with Gasteiger partial charge < -0.3 is 19.6 Å². The molecule has 1 amide bonds. The molecule has 3 N–H and O–H groups in total. The Morgan fingerprint density at radius 2 is 1.74 bits per heavy atom. The molecule has 43 heavy (non-hydrogen) atoms. The van der Waals surface area contributed by atoms with Crippen molar-refractivity contribution in [1.82, 2.24) is 15.0 Å². The van der Waals surface area contributed by atoms with Crippen molar-refractivity contribution in [1.29, 1.82) is 0 Å². The number of ether oxygens (including phenoxy) is 1. The Labute approximate surface area is 250 Å². The molecule has 4 aromatic rings. The molecule has 2 aromatic carbocycles. The third kappa shape index (κ3) is 7.06. The summed E-state index contributed by atoms with van der Waals surface area (Å²) in [6.07, 6.45) is 2.52. The standard InChI is InChI=1S/C32H35N3O7S/c1-32(2,31(37)38)16-7-17-34-43(39,40)19-26-24(20-10-11-20)18-25-27(29(36)33-3)28(42-30(25)35-26)21-12-14-23(15-13-21)41-22-8-5-4-6-9-22/h4-6,8-9,12-15,18,20,34H,7,10-11,16-17,19H2,1-3H3,(H,33,36)(H,37,38). The van der Waals surface area contributed by atoms with Crippen molar-refractivity contribution in [2.24, 2.45) is 5.41 Å². The number of para-hydroxylation sites is 1. The highest BCUT2D eigenvalue weighted by molar-refractivity contribution is 7.88. The number of sulfonamides is 1. The minimum atomic E-state index is -3.77. The molecule has 11 heteroatoms. The lowest BCUT2D eigenvalue weighted by atomic mass is 9.88. The van der Waals surface area contributed by atoms with Gasteiger partial charge >= 0.3 is 5.97 Å². The number of carboxylic acids is 1. The van der Waals surface area contributed by atoms with Gasteiger partial charge in [0.05, 0.1) is 22.1 Å². The summed E-state index contributed by atoms with van der Waals surface area (Å²) < 4.78 is 40.7. The lowest BCUT2D eigenvalue weighted by molar-refractivity contribution is -0.147.